The SMILES string of the molecule is CO/N=C1/CC[C@@]2(C)[C@@H](CC[C@@H]3[C@@H]2CC[C@@]2(C)[C@H]3CC[C@]2(O[Si](C)(C)C)/C(C)=N\OC)C1. The summed E-state index contributed by atoms with van der Waals surface area (Å²) in [5.41, 5.74) is 2.65. The second-order valence-corrected chi connectivity index (χ2v) is 17.0. The lowest BCUT2D eigenvalue weighted by atomic mass is 9.44. The first kappa shape index (κ1) is 24.2. The van der Waals surface area contributed by atoms with Gasteiger partial charge in [-0.3, -0.25) is 0 Å². The number of hydrogen-bond acceptors (Lipinski definition) is 5. The Labute approximate surface area is 196 Å². The Morgan fingerprint density at radius 1 is 0.938 bits per heavy atom. The van der Waals surface area contributed by atoms with Gasteiger partial charge in [-0.05, 0) is 113 Å². The number of hydrogen-bond donors (Lipinski definition) is 0. The third-order valence-electron chi connectivity index (χ3n) is 10.1. The van der Waals surface area contributed by atoms with Crippen molar-refractivity contribution in [3.8, 4) is 0 Å². The Morgan fingerprint density at radius 3 is 2.31 bits per heavy atom. The molecule has 0 heterocycles. The predicted molar refractivity (Wildman–Crippen MR) is 133 cm³/mol. The van der Waals surface area contributed by atoms with E-state index in [-0.39, 0.29) is 11.0 Å². The maximum absolute atomic E-state index is 7.12. The summed E-state index contributed by atoms with van der Waals surface area (Å²) >= 11 is 0. The molecule has 0 radical (unpaired) electrons. The monoisotopic (exact) mass is 462 g/mol. The molecule has 0 aromatic rings. The zero-order valence-electron chi connectivity index (χ0n) is 21.8. The maximum atomic E-state index is 7.12. The Hall–Kier alpha value is -0.883. The van der Waals surface area contributed by atoms with Gasteiger partial charge in [0.1, 0.15) is 19.8 Å². The standard InChI is InChI=1S/C26H46N2O3Si/c1-18(27-29-4)26(31-32(6,7)8)16-13-23-21-10-9-19-17-20(28-30-5)11-14-24(19,2)22(21)12-15-25(23,26)3/h19,21-23H,9-17H2,1-8H3/b27-18-,28-20-/t19-,21+,22-,23-,24-,25-,26-/m0/s1. The van der Waals surface area contributed by atoms with Crippen LogP contribution in [0.1, 0.15) is 78.6 Å². The normalized spacial score (nSPS) is 45.8. The lowest BCUT2D eigenvalue weighted by Crippen LogP contribution is -2.61. The number of nitrogens with zero attached hydrogens (tertiary/aromatic N) is 2. The minimum atomic E-state index is -1.77. The third kappa shape index (κ3) is 3.68. The van der Waals surface area contributed by atoms with Gasteiger partial charge in [0.05, 0.1) is 11.4 Å². The van der Waals surface area contributed by atoms with E-state index in [0.717, 1.165) is 42.7 Å². The van der Waals surface area contributed by atoms with Crippen molar-refractivity contribution in [3.63, 3.8) is 0 Å². The lowest BCUT2D eigenvalue weighted by molar-refractivity contribution is -0.122. The van der Waals surface area contributed by atoms with Crippen molar-refractivity contribution >= 4 is 19.7 Å². The van der Waals surface area contributed by atoms with Crippen molar-refractivity contribution in [1.29, 1.82) is 0 Å². The highest BCUT2D eigenvalue weighted by Gasteiger charge is 2.67. The van der Waals surface area contributed by atoms with Gasteiger partial charge in [0.25, 0.3) is 0 Å². The van der Waals surface area contributed by atoms with Gasteiger partial charge in [0.2, 0.25) is 0 Å². The summed E-state index contributed by atoms with van der Waals surface area (Å²) in [6.45, 7) is 14.3. The van der Waals surface area contributed by atoms with E-state index in [1.807, 2.05) is 0 Å². The average Bonchev–Trinajstić information content (AvgIpc) is 3.00. The van der Waals surface area contributed by atoms with E-state index in [4.69, 9.17) is 14.1 Å². The summed E-state index contributed by atoms with van der Waals surface area (Å²) in [5, 5.41) is 8.84. The summed E-state index contributed by atoms with van der Waals surface area (Å²) in [7, 11) is 1.58. The van der Waals surface area contributed by atoms with E-state index < -0.39 is 8.32 Å². The van der Waals surface area contributed by atoms with E-state index >= 15 is 0 Å². The van der Waals surface area contributed by atoms with E-state index in [9.17, 15) is 0 Å². The van der Waals surface area contributed by atoms with Gasteiger partial charge >= 0.3 is 0 Å². The molecule has 4 fully saturated rings. The first-order chi connectivity index (χ1) is 15.0. The van der Waals surface area contributed by atoms with Crippen molar-refractivity contribution in [2.24, 2.45) is 44.8 Å². The van der Waals surface area contributed by atoms with Gasteiger partial charge in [-0.2, -0.15) is 0 Å². The van der Waals surface area contributed by atoms with Crippen LogP contribution in [0.5, 0.6) is 0 Å². The first-order valence-corrected chi connectivity index (χ1v) is 16.3. The molecule has 4 aliphatic rings. The van der Waals surface area contributed by atoms with Gasteiger partial charge < -0.3 is 14.1 Å². The topological polar surface area (TPSA) is 52.4 Å². The van der Waals surface area contributed by atoms with Gasteiger partial charge in [-0.15, -0.1) is 0 Å². The highest BCUT2D eigenvalue weighted by atomic mass is 28.4. The van der Waals surface area contributed by atoms with Crippen LogP contribution < -0.4 is 0 Å². The molecular formula is C26H46N2O3Si. The van der Waals surface area contributed by atoms with E-state index in [1.165, 1.54) is 44.2 Å². The van der Waals surface area contributed by atoms with Crippen LogP contribution in [0.4, 0.5) is 0 Å². The Kier molecular flexibility index (Phi) is 6.37. The highest BCUT2D eigenvalue weighted by Crippen LogP contribution is 2.69. The molecule has 7 atom stereocenters. The lowest BCUT2D eigenvalue weighted by Gasteiger charge is -2.62. The van der Waals surface area contributed by atoms with Gasteiger partial charge in [-0.25, -0.2) is 0 Å². The van der Waals surface area contributed by atoms with Crippen molar-refractivity contribution in [3.05, 3.63) is 0 Å². The molecule has 0 unspecified atom stereocenters. The minimum absolute atomic E-state index is 0.140. The zero-order valence-corrected chi connectivity index (χ0v) is 22.8. The number of fused-ring (bicyclic) bond motifs is 5. The molecule has 182 valence electrons. The van der Waals surface area contributed by atoms with E-state index in [1.54, 1.807) is 14.2 Å². The molecule has 0 N–H and O–H groups in total. The number of oxime groups is 2. The molecule has 6 heteroatoms. The van der Waals surface area contributed by atoms with Crippen LogP contribution in [0, 0.1) is 34.5 Å². The third-order valence-corrected chi connectivity index (χ3v) is 11.1. The van der Waals surface area contributed by atoms with E-state index in [2.05, 4.69) is 50.7 Å². The second-order valence-electron chi connectivity index (χ2n) is 12.6. The molecule has 4 saturated carbocycles. The predicted octanol–water partition coefficient (Wildman–Crippen LogP) is 6.64. The largest absolute Gasteiger partial charge is 0.406 e. The fraction of sp³-hybridized carbons (Fsp3) is 0.923. The minimum Gasteiger partial charge on any atom is -0.406 e. The second kappa shape index (κ2) is 8.40. The zero-order chi connectivity index (χ0) is 23.4. The molecule has 0 aromatic heterocycles. The maximum Gasteiger partial charge on any atom is 0.185 e. The van der Waals surface area contributed by atoms with Crippen LogP contribution in [0.2, 0.25) is 19.6 Å². The quantitative estimate of drug-likeness (QED) is 0.261. The molecule has 0 amide bonds. The summed E-state index contributed by atoms with van der Waals surface area (Å²) in [6.07, 6.45) is 11.1. The van der Waals surface area contributed by atoms with Gasteiger partial charge in [-0.1, -0.05) is 24.2 Å². The Morgan fingerprint density at radius 2 is 1.66 bits per heavy atom. The Balaban J connectivity index is 1.65. The number of rotatable bonds is 5. The average molecular weight is 463 g/mol. The molecule has 0 spiro atoms. The van der Waals surface area contributed by atoms with Crippen molar-refractivity contribution in [2.75, 3.05) is 14.2 Å². The fourth-order valence-corrected chi connectivity index (χ4v) is 10.4. The molecule has 32 heavy (non-hydrogen) atoms. The smallest absolute Gasteiger partial charge is 0.185 e. The molecule has 4 aliphatic carbocycles. The Bertz CT molecular complexity index is 778. The van der Waals surface area contributed by atoms with Crippen LogP contribution >= 0.6 is 0 Å². The summed E-state index contributed by atoms with van der Waals surface area (Å²) in [6, 6.07) is 0. The molecule has 4 rings (SSSR count). The molecule has 5 nitrogen and oxygen atoms in total. The van der Waals surface area contributed by atoms with Crippen LogP contribution in [-0.4, -0.2) is 39.6 Å². The first-order valence-electron chi connectivity index (χ1n) is 12.9. The van der Waals surface area contributed by atoms with Crippen molar-refractivity contribution < 1.29 is 14.1 Å². The summed E-state index contributed by atoms with van der Waals surface area (Å²) in [5.74, 6) is 3.10. The van der Waals surface area contributed by atoms with Crippen molar-refractivity contribution in [2.45, 2.75) is 104 Å². The molecular weight excluding hydrogens is 416 g/mol. The fourth-order valence-electron chi connectivity index (χ4n) is 8.84. The summed E-state index contributed by atoms with van der Waals surface area (Å²) in [4.78, 5) is 10.4. The van der Waals surface area contributed by atoms with Crippen molar-refractivity contribution in [1.82, 2.24) is 0 Å². The molecule has 0 bridgehead atoms. The molecule has 0 aromatic carbocycles. The van der Waals surface area contributed by atoms with Gasteiger partial charge in [0.15, 0.2) is 8.32 Å². The van der Waals surface area contributed by atoms with E-state index in [0.29, 0.717) is 11.3 Å². The van der Waals surface area contributed by atoms with Gasteiger partial charge in [0, 0.05) is 5.41 Å². The van der Waals surface area contributed by atoms with Crippen LogP contribution in [0.3, 0.4) is 0 Å². The summed E-state index contributed by atoms with van der Waals surface area (Å²) < 4.78 is 7.12. The molecule has 0 aliphatic heterocycles. The van der Waals surface area contributed by atoms with Crippen LogP contribution in [-0.2, 0) is 14.1 Å². The highest BCUT2D eigenvalue weighted by molar-refractivity contribution is 6.70. The van der Waals surface area contributed by atoms with Crippen LogP contribution in [0.15, 0.2) is 10.3 Å². The molecule has 0 saturated heterocycles. The van der Waals surface area contributed by atoms with Crippen LogP contribution in [0.25, 0.3) is 0 Å².